The van der Waals surface area contributed by atoms with E-state index in [-0.39, 0.29) is 0 Å². The fraction of sp³-hybridized carbons (Fsp3) is 0.409. The molecule has 0 radical (unpaired) electrons. The van der Waals surface area contributed by atoms with Crippen LogP contribution in [-0.2, 0) is 13.0 Å². The fourth-order valence-corrected chi connectivity index (χ4v) is 3.32. The van der Waals surface area contributed by atoms with Crippen molar-refractivity contribution in [2.75, 3.05) is 34.4 Å². The summed E-state index contributed by atoms with van der Waals surface area (Å²) in [5.74, 6) is 3.22. The Labute approximate surface area is 177 Å². The Hall–Kier alpha value is -3.29. The quantitative estimate of drug-likeness (QED) is 0.455. The molecule has 2 heterocycles. The van der Waals surface area contributed by atoms with Gasteiger partial charge in [0.1, 0.15) is 5.82 Å². The zero-order chi connectivity index (χ0) is 21.5. The number of aromatic nitrogens is 3. The summed E-state index contributed by atoms with van der Waals surface area (Å²) in [6, 6.07) is 9.91. The number of pyridine rings is 1. The highest BCUT2D eigenvalue weighted by atomic mass is 16.5. The molecule has 0 atom stereocenters. The summed E-state index contributed by atoms with van der Waals surface area (Å²) in [6.07, 6.45) is 2.69. The van der Waals surface area contributed by atoms with E-state index in [1.165, 1.54) is 0 Å². The van der Waals surface area contributed by atoms with E-state index in [0.717, 1.165) is 46.6 Å². The van der Waals surface area contributed by atoms with E-state index in [1.54, 1.807) is 14.2 Å². The van der Waals surface area contributed by atoms with Gasteiger partial charge in [0.2, 0.25) is 0 Å². The molecule has 0 amide bonds. The third-order valence-corrected chi connectivity index (χ3v) is 4.93. The third-order valence-electron chi connectivity index (χ3n) is 4.93. The minimum absolute atomic E-state index is 0.618. The first kappa shape index (κ1) is 21.4. The number of nitrogens with one attached hydrogen (secondary N) is 1. The summed E-state index contributed by atoms with van der Waals surface area (Å²) in [4.78, 5) is 6.90. The molecule has 1 N–H and O–H groups in total. The molecule has 3 rings (SSSR count). The van der Waals surface area contributed by atoms with Crippen LogP contribution in [0.1, 0.15) is 23.9 Å². The number of rotatable bonds is 8. The Balaban J connectivity index is 1.72. The lowest BCUT2D eigenvalue weighted by Gasteiger charge is -2.23. The second-order valence-electron chi connectivity index (χ2n) is 7.02. The number of guanidine groups is 1. The van der Waals surface area contributed by atoms with E-state index >= 15 is 0 Å². The largest absolute Gasteiger partial charge is 0.493 e. The second kappa shape index (κ2) is 9.96. The average Bonchev–Trinajstić information content (AvgIpc) is 3.17. The molecule has 0 saturated heterocycles. The van der Waals surface area contributed by atoms with Crippen molar-refractivity contribution in [1.29, 1.82) is 0 Å². The monoisotopic (exact) mass is 410 g/mol. The molecule has 8 nitrogen and oxygen atoms in total. The van der Waals surface area contributed by atoms with Gasteiger partial charge >= 0.3 is 0 Å². The number of nitrogens with zero attached hydrogens (tertiary/aromatic N) is 5. The molecule has 1 aromatic carbocycles. The van der Waals surface area contributed by atoms with Gasteiger partial charge in [-0.3, -0.25) is 9.39 Å². The Kier molecular flexibility index (Phi) is 7.11. The second-order valence-corrected chi connectivity index (χ2v) is 7.02. The first-order valence-corrected chi connectivity index (χ1v) is 10.1. The number of hydrogen-bond acceptors (Lipinski definition) is 5. The van der Waals surface area contributed by atoms with Crippen LogP contribution in [0.2, 0.25) is 0 Å². The standard InChI is InChI=1S/C22H30N6O2/c1-6-23-22(24-11-10-21-26-25-20-9-7-8-12-28(20)21)27(3)15-17-14-19(30-5)18(29-4)13-16(17)2/h7-9,12-14H,6,10-11,15H2,1-5H3,(H,23,24). The molecule has 3 aromatic rings. The third kappa shape index (κ3) is 4.82. The van der Waals surface area contributed by atoms with E-state index in [4.69, 9.17) is 14.5 Å². The maximum Gasteiger partial charge on any atom is 0.193 e. The van der Waals surface area contributed by atoms with E-state index in [0.29, 0.717) is 19.5 Å². The van der Waals surface area contributed by atoms with Crippen molar-refractivity contribution in [2.45, 2.75) is 26.8 Å². The lowest BCUT2D eigenvalue weighted by atomic mass is 10.1. The van der Waals surface area contributed by atoms with Crippen LogP contribution in [0.15, 0.2) is 41.5 Å². The molecule has 2 aromatic heterocycles. The van der Waals surface area contributed by atoms with Gasteiger partial charge in [0, 0.05) is 39.3 Å². The van der Waals surface area contributed by atoms with E-state index in [1.807, 2.05) is 48.0 Å². The number of methoxy groups -OCH3 is 2. The van der Waals surface area contributed by atoms with Crippen molar-refractivity contribution in [2.24, 2.45) is 4.99 Å². The summed E-state index contributed by atoms with van der Waals surface area (Å²) in [6.45, 7) is 6.25. The van der Waals surface area contributed by atoms with Crippen molar-refractivity contribution < 1.29 is 9.47 Å². The van der Waals surface area contributed by atoms with Crippen LogP contribution >= 0.6 is 0 Å². The first-order valence-electron chi connectivity index (χ1n) is 10.1. The summed E-state index contributed by atoms with van der Waals surface area (Å²) in [5, 5.41) is 11.8. The minimum Gasteiger partial charge on any atom is -0.493 e. The van der Waals surface area contributed by atoms with Crippen molar-refractivity contribution in [3.8, 4) is 11.5 Å². The highest BCUT2D eigenvalue weighted by molar-refractivity contribution is 5.79. The number of fused-ring (bicyclic) bond motifs is 1. The molecule has 0 spiro atoms. The van der Waals surface area contributed by atoms with Crippen LogP contribution in [0.3, 0.4) is 0 Å². The van der Waals surface area contributed by atoms with Crippen LogP contribution in [0.4, 0.5) is 0 Å². The fourth-order valence-electron chi connectivity index (χ4n) is 3.32. The molecule has 0 aliphatic heterocycles. The normalized spacial score (nSPS) is 11.6. The minimum atomic E-state index is 0.618. The number of benzene rings is 1. The number of ether oxygens (including phenoxy) is 2. The molecule has 8 heteroatoms. The van der Waals surface area contributed by atoms with Crippen LogP contribution in [0, 0.1) is 6.92 Å². The molecule has 0 unspecified atom stereocenters. The zero-order valence-corrected chi connectivity index (χ0v) is 18.3. The van der Waals surface area contributed by atoms with Gasteiger partial charge in [0.05, 0.1) is 14.2 Å². The molecule has 30 heavy (non-hydrogen) atoms. The highest BCUT2D eigenvalue weighted by Crippen LogP contribution is 2.30. The molecule has 0 saturated carbocycles. The van der Waals surface area contributed by atoms with Crippen LogP contribution < -0.4 is 14.8 Å². The Bertz CT molecular complexity index is 1010. The van der Waals surface area contributed by atoms with Crippen molar-refractivity contribution in [1.82, 2.24) is 24.8 Å². The zero-order valence-electron chi connectivity index (χ0n) is 18.3. The number of hydrogen-bond donors (Lipinski definition) is 1. The molecular weight excluding hydrogens is 380 g/mol. The molecule has 0 bridgehead atoms. The smallest absolute Gasteiger partial charge is 0.193 e. The summed E-state index contributed by atoms with van der Waals surface area (Å²) in [5.41, 5.74) is 3.15. The van der Waals surface area contributed by atoms with Gasteiger partial charge in [0.15, 0.2) is 23.1 Å². The maximum atomic E-state index is 5.46. The van der Waals surface area contributed by atoms with Gasteiger partial charge in [0.25, 0.3) is 0 Å². The van der Waals surface area contributed by atoms with Gasteiger partial charge in [-0.2, -0.15) is 0 Å². The van der Waals surface area contributed by atoms with E-state index in [2.05, 4.69) is 34.3 Å². The molecule has 0 fully saturated rings. The van der Waals surface area contributed by atoms with Crippen molar-refractivity contribution >= 4 is 11.6 Å². The van der Waals surface area contributed by atoms with E-state index in [9.17, 15) is 0 Å². The van der Waals surface area contributed by atoms with Crippen LogP contribution in [-0.4, -0.2) is 59.8 Å². The summed E-state index contributed by atoms with van der Waals surface area (Å²) in [7, 11) is 5.34. The van der Waals surface area contributed by atoms with Crippen LogP contribution in [0.25, 0.3) is 5.65 Å². The predicted octanol–water partition coefficient (Wildman–Crippen LogP) is 2.69. The van der Waals surface area contributed by atoms with Gasteiger partial charge in [-0.1, -0.05) is 6.07 Å². The topological polar surface area (TPSA) is 76.3 Å². The molecular formula is C22H30N6O2. The molecule has 0 aliphatic carbocycles. The number of aliphatic imine (C=N–C) groups is 1. The van der Waals surface area contributed by atoms with Gasteiger partial charge in [-0.15, -0.1) is 10.2 Å². The number of aryl methyl sites for hydroxylation is 1. The maximum absolute atomic E-state index is 5.46. The Morgan fingerprint density at radius 2 is 1.93 bits per heavy atom. The average molecular weight is 411 g/mol. The predicted molar refractivity (Wildman–Crippen MR) is 118 cm³/mol. The van der Waals surface area contributed by atoms with Crippen molar-refractivity contribution in [3.05, 3.63) is 53.5 Å². The lowest BCUT2D eigenvalue weighted by molar-refractivity contribution is 0.353. The van der Waals surface area contributed by atoms with Crippen molar-refractivity contribution in [3.63, 3.8) is 0 Å². The molecule has 0 aliphatic rings. The Morgan fingerprint density at radius 1 is 1.17 bits per heavy atom. The van der Waals surface area contributed by atoms with Gasteiger partial charge in [-0.25, -0.2) is 0 Å². The van der Waals surface area contributed by atoms with Gasteiger partial charge < -0.3 is 19.7 Å². The first-order chi connectivity index (χ1) is 14.6. The lowest BCUT2D eigenvalue weighted by Crippen LogP contribution is -2.38. The van der Waals surface area contributed by atoms with Crippen LogP contribution in [0.5, 0.6) is 11.5 Å². The SMILES string of the molecule is CCNC(=NCCc1nnc2ccccn12)N(C)Cc1cc(OC)c(OC)cc1C. The summed E-state index contributed by atoms with van der Waals surface area (Å²) >= 11 is 0. The summed E-state index contributed by atoms with van der Waals surface area (Å²) < 4.78 is 12.9. The van der Waals surface area contributed by atoms with Gasteiger partial charge in [-0.05, 0) is 49.2 Å². The molecule has 160 valence electrons. The Morgan fingerprint density at radius 3 is 2.67 bits per heavy atom. The highest BCUT2D eigenvalue weighted by Gasteiger charge is 2.13. The van der Waals surface area contributed by atoms with E-state index < -0.39 is 0 Å².